The van der Waals surface area contributed by atoms with Gasteiger partial charge in [0.25, 0.3) is 5.91 Å². The number of benzene rings is 2. The topological polar surface area (TPSA) is 93.5 Å². The molecular weight excluding hydrogens is 427 g/mol. The van der Waals surface area contributed by atoms with Crippen molar-refractivity contribution in [3.05, 3.63) is 89.3 Å². The second-order valence-corrected chi connectivity index (χ2v) is 8.02. The Bertz CT molecular complexity index is 1190. The first-order valence-electron chi connectivity index (χ1n) is 10.4. The monoisotopic (exact) mass is 450 g/mol. The number of amides is 2. The predicted octanol–water partition coefficient (Wildman–Crippen LogP) is 2.54. The van der Waals surface area contributed by atoms with Crippen molar-refractivity contribution < 1.29 is 23.5 Å². The second kappa shape index (κ2) is 8.85. The average molecular weight is 450 g/mol. The van der Waals surface area contributed by atoms with Crippen LogP contribution in [0.25, 0.3) is 0 Å². The van der Waals surface area contributed by atoms with Crippen LogP contribution in [0.15, 0.2) is 60.9 Å². The first-order chi connectivity index (χ1) is 15.8. The van der Waals surface area contributed by atoms with Crippen molar-refractivity contribution in [3.8, 4) is 0 Å². The highest BCUT2D eigenvalue weighted by molar-refractivity contribution is 6.06. The van der Waals surface area contributed by atoms with E-state index in [2.05, 4.69) is 10.3 Å². The Morgan fingerprint density at radius 1 is 1.12 bits per heavy atom. The van der Waals surface area contributed by atoms with E-state index < -0.39 is 23.2 Å². The van der Waals surface area contributed by atoms with Crippen molar-refractivity contribution in [1.29, 1.82) is 0 Å². The van der Waals surface area contributed by atoms with E-state index >= 15 is 0 Å². The summed E-state index contributed by atoms with van der Waals surface area (Å²) in [4.78, 5) is 44.6. The number of hydrogen-bond acceptors (Lipinski definition) is 5. The molecule has 1 aromatic heterocycles. The fourth-order valence-electron chi connectivity index (χ4n) is 3.92. The van der Waals surface area contributed by atoms with E-state index in [-0.39, 0.29) is 36.9 Å². The standard InChI is InChI=1S/C24H23FN4O4/c1-24(23(32)26-12-16-6-4-3-5-7-16)14-28-15-27-19(22(31)33-2)20(28)21(30)29(24)13-17-8-10-18(25)11-9-17/h3-11,15H,12-14H2,1-2H3,(H,26,32). The molecule has 0 fully saturated rings. The van der Waals surface area contributed by atoms with Gasteiger partial charge in [-0.3, -0.25) is 9.59 Å². The van der Waals surface area contributed by atoms with Crippen LogP contribution in [0.2, 0.25) is 0 Å². The molecule has 2 amide bonds. The molecule has 1 aliphatic rings. The van der Waals surface area contributed by atoms with Crippen LogP contribution in [0.1, 0.15) is 39.0 Å². The molecule has 33 heavy (non-hydrogen) atoms. The fraction of sp³-hybridized carbons (Fsp3) is 0.250. The largest absolute Gasteiger partial charge is 0.464 e. The highest BCUT2D eigenvalue weighted by Gasteiger charge is 2.48. The van der Waals surface area contributed by atoms with E-state index in [0.29, 0.717) is 5.56 Å². The zero-order valence-electron chi connectivity index (χ0n) is 18.2. The van der Waals surface area contributed by atoms with Gasteiger partial charge in [0.05, 0.1) is 20.0 Å². The van der Waals surface area contributed by atoms with Crippen molar-refractivity contribution in [3.63, 3.8) is 0 Å². The summed E-state index contributed by atoms with van der Waals surface area (Å²) in [5.74, 6) is -2.05. The molecule has 0 saturated heterocycles. The molecule has 0 saturated carbocycles. The maximum Gasteiger partial charge on any atom is 0.359 e. The van der Waals surface area contributed by atoms with Gasteiger partial charge >= 0.3 is 5.97 Å². The van der Waals surface area contributed by atoms with Crippen LogP contribution in [-0.2, 0) is 29.2 Å². The summed E-state index contributed by atoms with van der Waals surface area (Å²) in [6, 6.07) is 15.1. The Morgan fingerprint density at radius 2 is 1.82 bits per heavy atom. The van der Waals surface area contributed by atoms with Crippen LogP contribution in [-0.4, -0.2) is 44.9 Å². The highest BCUT2D eigenvalue weighted by Crippen LogP contribution is 2.31. The van der Waals surface area contributed by atoms with Crippen molar-refractivity contribution in [2.24, 2.45) is 0 Å². The minimum Gasteiger partial charge on any atom is -0.464 e. The number of ether oxygens (including phenoxy) is 1. The Morgan fingerprint density at radius 3 is 2.48 bits per heavy atom. The van der Waals surface area contributed by atoms with Crippen LogP contribution in [0.3, 0.4) is 0 Å². The number of nitrogens with one attached hydrogen (secondary N) is 1. The quantitative estimate of drug-likeness (QED) is 0.583. The van der Waals surface area contributed by atoms with Crippen LogP contribution < -0.4 is 5.32 Å². The van der Waals surface area contributed by atoms with Gasteiger partial charge in [-0.25, -0.2) is 14.2 Å². The normalized spacial score (nSPS) is 17.4. The van der Waals surface area contributed by atoms with E-state index in [1.165, 1.54) is 35.0 Å². The lowest BCUT2D eigenvalue weighted by molar-refractivity contribution is -0.133. The van der Waals surface area contributed by atoms with Gasteiger partial charge < -0.3 is 19.5 Å². The molecular formula is C24H23FN4O4. The van der Waals surface area contributed by atoms with Gasteiger partial charge in [0, 0.05) is 13.1 Å². The molecule has 0 radical (unpaired) electrons. The maximum absolute atomic E-state index is 13.6. The van der Waals surface area contributed by atoms with Crippen LogP contribution in [0.5, 0.6) is 0 Å². The number of methoxy groups -OCH3 is 1. The van der Waals surface area contributed by atoms with E-state index in [0.717, 1.165) is 5.56 Å². The molecule has 0 aliphatic carbocycles. The zero-order chi connectivity index (χ0) is 23.6. The second-order valence-electron chi connectivity index (χ2n) is 8.02. The zero-order valence-corrected chi connectivity index (χ0v) is 18.2. The summed E-state index contributed by atoms with van der Waals surface area (Å²) >= 11 is 0. The maximum atomic E-state index is 13.6. The number of nitrogens with zero attached hydrogens (tertiary/aromatic N) is 3. The Hall–Kier alpha value is -4.01. The van der Waals surface area contributed by atoms with Crippen molar-refractivity contribution >= 4 is 17.8 Å². The van der Waals surface area contributed by atoms with Crippen LogP contribution >= 0.6 is 0 Å². The highest BCUT2D eigenvalue weighted by atomic mass is 19.1. The Kier molecular flexibility index (Phi) is 5.95. The van der Waals surface area contributed by atoms with Gasteiger partial charge in [-0.2, -0.15) is 0 Å². The third kappa shape index (κ3) is 4.21. The molecule has 0 spiro atoms. The van der Waals surface area contributed by atoms with Crippen LogP contribution in [0, 0.1) is 5.82 Å². The van der Waals surface area contributed by atoms with Gasteiger partial charge in [0.15, 0.2) is 5.69 Å². The van der Waals surface area contributed by atoms with Gasteiger partial charge in [-0.05, 0) is 30.2 Å². The summed E-state index contributed by atoms with van der Waals surface area (Å²) in [6.07, 6.45) is 1.36. The minimum absolute atomic E-state index is 0.0418. The summed E-state index contributed by atoms with van der Waals surface area (Å²) in [6.45, 7) is 2.08. The van der Waals surface area contributed by atoms with Gasteiger partial charge in [-0.1, -0.05) is 42.5 Å². The van der Waals surface area contributed by atoms with Crippen molar-refractivity contribution in [2.75, 3.05) is 7.11 Å². The number of carbonyl (C=O) groups excluding carboxylic acids is 3. The number of imidazole rings is 1. The molecule has 1 aliphatic heterocycles. The Balaban J connectivity index is 1.69. The third-order valence-electron chi connectivity index (χ3n) is 5.78. The number of fused-ring (bicyclic) bond motifs is 1. The molecule has 2 heterocycles. The molecule has 170 valence electrons. The first kappa shape index (κ1) is 22.2. The lowest BCUT2D eigenvalue weighted by atomic mass is 9.93. The summed E-state index contributed by atoms with van der Waals surface area (Å²) in [5.41, 5.74) is 0.203. The SMILES string of the molecule is COC(=O)c1ncn2c1C(=O)N(Cc1ccc(F)cc1)C(C)(C(=O)NCc1ccccc1)C2. The molecule has 3 aromatic rings. The van der Waals surface area contributed by atoms with Crippen molar-refractivity contribution in [2.45, 2.75) is 32.1 Å². The van der Waals surface area contributed by atoms with Gasteiger partial charge in [-0.15, -0.1) is 0 Å². The fourth-order valence-corrected chi connectivity index (χ4v) is 3.92. The van der Waals surface area contributed by atoms with E-state index in [1.807, 2.05) is 30.3 Å². The number of esters is 1. The lowest BCUT2D eigenvalue weighted by Crippen LogP contribution is -2.63. The third-order valence-corrected chi connectivity index (χ3v) is 5.78. The van der Waals surface area contributed by atoms with Crippen molar-refractivity contribution in [1.82, 2.24) is 19.8 Å². The van der Waals surface area contributed by atoms with E-state index in [9.17, 15) is 18.8 Å². The molecule has 2 aromatic carbocycles. The lowest BCUT2D eigenvalue weighted by Gasteiger charge is -2.43. The molecule has 9 heteroatoms. The summed E-state index contributed by atoms with van der Waals surface area (Å²) in [7, 11) is 1.21. The molecule has 1 unspecified atom stereocenters. The molecule has 1 atom stereocenters. The predicted molar refractivity (Wildman–Crippen MR) is 117 cm³/mol. The molecule has 1 N–H and O–H groups in total. The number of carbonyl (C=O) groups is 3. The number of halogens is 1. The number of hydrogen-bond donors (Lipinski definition) is 1. The van der Waals surface area contributed by atoms with E-state index in [1.54, 1.807) is 19.1 Å². The van der Waals surface area contributed by atoms with E-state index in [4.69, 9.17) is 4.74 Å². The molecule has 4 rings (SSSR count). The average Bonchev–Trinajstić information content (AvgIpc) is 3.25. The Labute approximate surface area is 190 Å². The molecule has 0 bridgehead atoms. The van der Waals surface area contributed by atoms with Gasteiger partial charge in [0.2, 0.25) is 5.91 Å². The summed E-state index contributed by atoms with van der Waals surface area (Å²) < 4.78 is 19.7. The number of aromatic nitrogens is 2. The smallest absolute Gasteiger partial charge is 0.359 e. The number of rotatable bonds is 6. The van der Waals surface area contributed by atoms with Gasteiger partial charge in [0.1, 0.15) is 17.1 Å². The summed E-state index contributed by atoms with van der Waals surface area (Å²) in [5, 5.41) is 2.91. The minimum atomic E-state index is -1.29. The van der Waals surface area contributed by atoms with Crippen LogP contribution in [0.4, 0.5) is 4.39 Å². The molecule has 8 nitrogen and oxygen atoms in total. The first-order valence-corrected chi connectivity index (χ1v) is 10.4.